The fraction of sp³-hybridized carbons (Fsp3) is 0.750. The van der Waals surface area contributed by atoms with E-state index < -0.39 is 11.4 Å². The smallest absolute Gasteiger partial charge is 0.317 e. The van der Waals surface area contributed by atoms with E-state index in [1.807, 2.05) is 0 Å². The molecule has 0 saturated carbocycles. The van der Waals surface area contributed by atoms with Gasteiger partial charge in [0.2, 0.25) is 5.91 Å². The summed E-state index contributed by atoms with van der Waals surface area (Å²) in [7, 11) is 0. The molecule has 0 radical (unpaired) electrons. The average molecular weight is 271 g/mol. The summed E-state index contributed by atoms with van der Waals surface area (Å²) in [5.74, 6) is -1.22. The van der Waals surface area contributed by atoms with Gasteiger partial charge < -0.3 is 21.1 Å². The van der Waals surface area contributed by atoms with Gasteiger partial charge >= 0.3 is 12.0 Å². The van der Waals surface area contributed by atoms with E-state index in [9.17, 15) is 14.4 Å². The Morgan fingerprint density at radius 2 is 2.05 bits per heavy atom. The van der Waals surface area contributed by atoms with E-state index in [2.05, 4.69) is 5.32 Å². The number of primary amides is 1. The number of likely N-dealkylation sites (tertiary alicyclic amines) is 1. The number of carbonyl (C=O) groups excluding carboxylic acids is 2. The molecule has 1 atom stereocenters. The summed E-state index contributed by atoms with van der Waals surface area (Å²) in [6.07, 6.45) is 2.11. The predicted molar refractivity (Wildman–Crippen MR) is 68.4 cm³/mol. The van der Waals surface area contributed by atoms with E-state index in [0.29, 0.717) is 38.8 Å². The fourth-order valence-corrected chi connectivity index (χ4v) is 2.04. The van der Waals surface area contributed by atoms with Crippen LogP contribution < -0.4 is 11.1 Å². The average Bonchev–Trinajstić information content (AvgIpc) is 2.72. The number of nitrogens with zero attached hydrogens (tertiary/aromatic N) is 1. The Kier molecular flexibility index (Phi) is 5.14. The molecule has 1 rings (SSSR count). The Hall–Kier alpha value is -1.79. The van der Waals surface area contributed by atoms with Crippen LogP contribution in [0.5, 0.6) is 0 Å². The quantitative estimate of drug-likeness (QED) is 0.597. The molecule has 0 aromatic carbocycles. The van der Waals surface area contributed by atoms with Crippen LogP contribution in [0, 0.1) is 5.41 Å². The van der Waals surface area contributed by atoms with Gasteiger partial charge in [-0.15, -0.1) is 0 Å². The highest BCUT2D eigenvalue weighted by Gasteiger charge is 2.42. The van der Waals surface area contributed by atoms with Gasteiger partial charge in [-0.25, -0.2) is 4.79 Å². The Labute approximate surface area is 112 Å². The van der Waals surface area contributed by atoms with Crippen LogP contribution in [0.1, 0.15) is 32.6 Å². The van der Waals surface area contributed by atoms with Gasteiger partial charge in [-0.1, -0.05) is 0 Å². The minimum atomic E-state index is -0.871. The van der Waals surface area contributed by atoms with Crippen LogP contribution in [-0.4, -0.2) is 47.5 Å². The van der Waals surface area contributed by atoms with Crippen molar-refractivity contribution in [3.8, 4) is 0 Å². The number of nitrogens with two attached hydrogens (primary N) is 1. The molecule has 0 spiro atoms. The number of hydrogen-bond acceptors (Lipinski definition) is 3. The number of nitrogens with one attached hydrogen (secondary N) is 1. The minimum Gasteiger partial charge on any atom is -0.481 e. The maximum absolute atomic E-state index is 11.8. The minimum absolute atomic E-state index is 0.232. The first kappa shape index (κ1) is 15.3. The first-order chi connectivity index (χ1) is 8.85. The largest absolute Gasteiger partial charge is 0.481 e. The highest BCUT2D eigenvalue weighted by atomic mass is 16.4. The number of aliphatic carboxylic acids is 1. The molecule has 1 aliphatic heterocycles. The maximum atomic E-state index is 11.8. The summed E-state index contributed by atoms with van der Waals surface area (Å²) in [5, 5.41) is 11.8. The van der Waals surface area contributed by atoms with Crippen molar-refractivity contribution >= 4 is 17.9 Å². The third-order valence-corrected chi connectivity index (χ3v) is 3.40. The summed E-state index contributed by atoms with van der Waals surface area (Å²) in [6, 6.07) is -0.246. The van der Waals surface area contributed by atoms with Gasteiger partial charge in [-0.2, -0.15) is 0 Å². The van der Waals surface area contributed by atoms with Crippen molar-refractivity contribution in [1.82, 2.24) is 10.2 Å². The SMILES string of the molecule is CC1(C(=O)O)CCN(C(=O)NCCCCC(N)=O)C1. The van der Waals surface area contributed by atoms with Crippen molar-refractivity contribution in [2.75, 3.05) is 19.6 Å². The molecule has 4 N–H and O–H groups in total. The summed E-state index contributed by atoms with van der Waals surface area (Å²) < 4.78 is 0. The molecule has 19 heavy (non-hydrogen) atoms. The molecule has 0 bridgehead atoms. The lowest BCUT2D eigenvalue weighted by Crippen LogP contribution is -2.41. The molecule has 1 saturated heterocycles. The zero-order valence-corrected chi connectivity index (χ0v) is 11.1. The molecule has 0 aromatic rings. The van der Waals surface area contributed by atoms with Crippen LogP contribution >= 0.6 is 0 Å². The fourth-order valence-electron chi connectivity index (χ4n) is 2.04. The summed E-state index contributed by atoms with van der Waals surface area (Å²) in [4.78, 5) is 34.9. The van der Waals surface area contributed by atoms with E-state index in [1.54, 1.807) is 6.92 Å². The maximum Gasteiger partial charge on any atom is 0.317 e. The first-order valence-electron chi connectivity index (χ1n) is 6.39. The second-order valence-corrected chi connectivity index (χ2v) is 5.19. The zero-order valence-electron chi connectivity index (χ0n) is 11.1. The first-order valence-corrected chi connectivity index (χ1v) is 6.39. The highest BCUT2D eigenvalue weighted by Crippen LogP contribution is 2.29. The molecule has 1 fully saturated rings. The van der Waals surface area contributed by atoms with Gasteiger partial charge in [0.1, 0.15) is 0 Å². The molecular weight excluding hydrogens is 250 g/mol. The number of hydrogen-bond donors (Lipinski definition) is 3. The van der Waals surface area contributed by atoms with Crippen LogP contribution in [0.2, 0.25) is 0 Å². The van der Waals surface area contributed by atoms with Crippen LogP contribution in [0.3, 0.4) is 0 Å². The van der Waals surface area contributed by atoms with Crippen molar-refractivity contribution in [2.24, 2.45) is 11.1 Å². The molecule has 1 heterocycles. The van der Waals surface area contributed by atoms with Crippen molar-refractivity contribution < 1.29 is 19.5 Å². The Morgan fingerprint density at radius 3 is 2.58 bits per heavy atom. The highest BCUT2D eigenvalue weighted by molar-refractivity contribution is 5.79. The lowest BCUT2D eigenvalue weighted by molar-refractivity contribution is -0.147. The number of carboxylic acids is 1. The van der Waals surface area contributed by atoms with Crippen molar-refractivity contribution in [2.45, 2.75) is 32.6 Å². The monoisotopic (exact) mass is 271 g/mol. The van der Waals surface area contributed by atoms with Crippen LogP contribution in [-0.2, 0) is 9.59 Å². The Bertz CT molecular complexity index is 372. The third kappa shape index (κ3) is 4.42. The molecule has 108 valence electrons. The molecule has 3 amide bonds. The van der Waals surface area contributed by atoms with Gasteiger partial charge in [-0.3, -0.25) is 9.59 Å². The van der Waals surface area contributed by atoms with Crippen molar-refractivity contribution in [3.05, 3.63) is 0 Å². The molecule has 7 nitrogen and oxygen atoms in total. The van der Waals surface area contributed by atoms with Crippen LogP contribution in [0.25, 0.3) is 0 Å². The zero-order chi connectivity index (χ0) is 14.5. The van der Waals surface area contributed by atoms with E-state index in [1.165, 1.54) is 4.90 Å². The van der Waals surface area contributed by atoms with Gasteiger partial charge in [0, 0.05) is 26.1 Å². The number of rotatable bonds is 6. The number of carboxylic acid groups (broad SMARTS) is 1. The van der Waals surface area contributed by atoms with E-state index in [0.717, 1.165) is 0 Å². The number of carbonyl (C=O) groups is 3. The normalized spacial score (nSPS) is 22.3. The number of amides is 3. The summed E-state index contributed by atoms with van der Waals surface area (Å²) in [5.41, 5.74) is 4.16. The van der Waals surface area contributed by atoms with Crippen molar-refractivity contribution in [1.29, 1.82) is 0 Å². The topological polar surface area (TPSA) is 113 Å². The van der Waals surface area contributed by atoms with Crippen LogP contribution in [0.4, 0.5) is 4.79 Å². The summed E-state index contributed by atoms with van der Waals surface area (Å²) >= 11 is 0. The van der Waals surface area contributed by atoms with Gasteiger partial charge in [0.25, 0.3) is 0 Å². The van der Waals surface area contributed by atoms with Crippen LogP contribution in [0.15, 0.2) is 0 Å². The van der Waals surface area contributed by atoms with Crippen molar-refractivity contribution in [3.63, 3.8) is 0 Å². The Morgan fingerprint density at radius 1 is 1.37 bits per heavy atom. The molecule has 0 aliphatic carbocycles. The second kappa shape index (κ2) is 6.40. The second-order valence-electron chi connectivity index (χ2n) is 5.19. The predicted octanol–water partition coefficient (Wildman–Crippen LogP) is 0.148. The third-order valence-electron chi connectivity index (χ3n) is 3.40. The number of unbranched alkanes of at least 4 members (excludes halogenated alkanes) is 1. The van der Waals surface area contributed by atoms with Gasteiger partial charge in [0.05, 0.1) is 5.41 Å². The molecule has 1 unspecified atom stereocenters. The Balaban J connectivity index is 2.25. The molecule has 7 heteroatoms. The molecule has 0 aromatic heterocycles. The van der Waals surface area contributed by atoms with E-state index in [-0.39, 0.29) is 18.5 Å². The lowest BCUT2D eigenvalue weighted by atomic mass is 9.90. The van der Waals surface area contributed by atoms with Gasteiger partial charge in [-0.05, 0) is 26.2 Å². The molecule has 1 aliphatic rings. The number of urea groups is 1. The van der Waals surface area contributed by atoms with E-state index >= 15 is 0 Å². The standard InChI is InChI=1S/C12H21N3O4/c1-12(10(17)18)5-7-15(8-12)11(19)14-6-3-2-4-9(13)16/h2-8H2,1H3,(H2,13,16)(H,14,19)(H,17,18). The summed E-state index contributed by atoms with van der Waals surface area (Å²) in [6.45, 7) is 2.80. The molecular formula is C12H21N3O4. The van der Waals surface area contributed by atoms with Gasteiger partial charge in [0.15, 0.2) is 0 Å². The lowest BCUT2D eigenvalue weighted by Gasteiger charge is -2.20. The van der Waals surface area contributed by atoms with E-state index in [4.69, 9.17) is 10.8 Å².